The number of ether oxygens (including phenoxy) is 2. The molecule has 2 fully saturated rings. The molecule has 8 nitrogen and oxygen atoms in total. The van der Waals surface area contributed by atoms with Crippen molar-refractivity contribution in [2.24, 2.45) is 5.92 Å². The first-order valence-electron chi connectivity index (χ1n) is 8.46. The van der Waals surface area contributed by atoms with Crippen LogP contribution in [0.15, 0.2) is 12.1 Å². The van der Waals surface area contributed by atoms with Crippen molar-refractivity contribution in [1.82, 2.24) is 20.1 Å². The Morgan fingerprint density at radius 1 is 1.24 bits per heavy atom. The summed E-state index contributed by atoms with van der Waals surface area (Å²) in [5.74, 6) is 0.234. The molecule has 0 spiro atoms. The van der Waals surface area contributed by atoms with Crippen molar-refractivity contribution in [1.29, 1.82) is 0 Å². The zero-order valence-corrected chi connectivity index (χ0v) is 14.8. The Morgan fingerprint density at radius 3 is 2.72 bits per heavy atom. The number of nitrogens with one attached hydrogen (secondary N) is 1. The predicted molar refractivity (Wildman–Crippen MR) is 90.8 cm³/mol. The van der Waals surface area contributed by atoms with E-state index >= 15 is 0 Å². The number of carbonyl (C=O) groups is 2. The summed E-state index contributed by atoms with van der Waals surface area (Å²) in [5, 5.41) is 3.05. The fraction of sp³-hybridized carbons (Fsp3) is 0.588. The lowest BCUT2D eigenvalue weighted by molar-refractivity contribution is -0.124. The molecule has 1 aromatic heterocycles. The quantitative estimate of drug-likeness (QED) is 0.824. The molecule has 136 valence electrons. The second-order valence-corrected chi connectivity index (χ2v) is 6.38. The molecule has 8 heteroatoms. The third kappa shape index (κ3) is 3.53. The first-order valence-corrected chi connectivity index (χ1v) is 8.46. The average Bonchev–Trinajstić information content (AvgIpc) is 2.86. The number of hydrogen-bond acceptors (Lipinski definition) is 6. The van der Waals surface area contributed by atoms with E-state index in [-0.39, 0.29) is 29.7 Å². The Kier molecular flexibility index (Phi) is 5.08. The highest BCUT2D eigenvalue weighted by atomic mass is 16.5. The van der Waals surface area contributed by atoms with Crippen molar-refractivity contribution >= 4 is 11.8 Å². The second-order valence-electron chi connectivity index (χ2n) is 6.38. The van der Waals surface area contributed by atoms with Gasteiger partial charge in [0.1, 0.15) is 5.56 Å². The number of aromatic nitrogens is 1. The number of pyridine rings is 1. The Bertz CT molecular complexity index is 666. The number of hydrogen-bond donors (Lipinski definition) is 1. The Labute approximate surface area is 147 Å². The van der Waals surface area contributed by atoms with Gasteiger partial charge in [-0.2, -0.15) is 4.98 Å². The maximum absolute atomic E-state index is 13.0. The molecule has 25 heavy (non-hydrogen) atoms. The Balaban J connectivity index is 1.85. The molecule has 2 aliphatic heterocycles. The molecule has 0 aliphatic carbocycles. The highest BCUT2D eigenvalue weighted by Gasteiger charge is 2.37. The molecule has 3 rings (SSSR count). The van der Waals surface area contributed by atoms with Gasteiger partial charge in [0, 0.05) is 32.2 Å². The van der Waals surface area contributed by atoms with E-state index in [1.807, 2.05) is 0 Å². The van der Waals surface area contributed by atoms with E-state index in [0.717, 1.165) is 13.1 Å². The lowest BCUT2D eigenvalue weighted by atomic mass is 10.1. The normalized spacial score (nSPS) is 23.6. The molecule has 0 unspecified atom stereocenters. The molecule has 1 aromatic rings. The number of fused-ring (bicyclic) bond motifs is 3. The molecule has 2 atom stereocenters. The number of carbonyl (C=O) groups excluding carboxylic acids is 2. The van der Waals surface area contributed by atoms with Crippen molar-refractivity contribution in [2.75, 3.05) is 46.9 Å². The second kappa shape index (κ2) is 7.26. The first kappa shape index (κ1) is 17.5. The minimum Gasteiger partial charge on any atom is -0.481 e. The summed E-state index contributed by atoms with van der Waals surface area (Å²) in [6, 6.07) is 3.22. The monoisotopic (exact) mass is 348 g/mol. The average molecular weight is 348 g/mol. The summed E-state index contributed by atoms with van der Waals surface area (Å²) < 4.78 is 10.3. The molecule has 2 saturated heterocycles. The standard InChI is InChI=1S/C17H24N4O4/c1-4-20-7-11-8-21(10-12(9-20)18-15(11)22)17(23)13-5-6-14(24-2)19-16(13)25-3/h5-6,11-12H,4,7-10H2,1-3H3,(H,18,22)/t11-,12+/m1/s1. The summed E-state index contributed by atoms with van der Waals surface area (Å²) in [7, 11) is 2.98. The number of nitrogens with zero attached hydrogens (tertiary/aromatic N) is 3. The smallest absolute Gasteiger partial charge is 0.259 e. The van der Waals surface area contributed by atoms with Crippen molar-refractivity contribution in [3.05, 3.63) is 17.7 Å². The van der Waals surface area contributed by atoms with Crippen LogP contribution in [-0.4, -0.2) is 79.6 Å². The van der Waals surface area contributed by atoms with Crippen molar-refractivity contribution in [3.8, 4) is 11.8 Å². The van der Waals surface area contributed by atoms with Gasteiger partial charge in [0.05, 0.1) is 26.2 Å². The van der Waals surface area contributed by atoms with Gasteiger partial charge < -0.3 is 24.6 Å². The van der Waals surface area contributed by atoms with Crippen LogP contribution in [0.2, 0.25) is 0 Å². The van der Waals surface area contributed by atoms with Crippen LogP contribution < -0.4 is 14.8 Å². The van der Waals surface area contributed by atoms with Crippen LogP contribution in [-0.2, 0) is 4.79 Å². The van der Waals surface area contributed by atoms with Gasteiger partial charge in [0.15, 0.2) is 0 Å². The van der Waals surface area contributed by atoms with Gasteiger partial charge in [-0.25, -0.2) is 0 Å². The molecule has 2 amide bonds. The molecule has 3 heterocycles. The van der Waals surface area contributed by atoms with Crippen LogP contribution >= 0.6 is 0 Å². The molecular weight excluding hydrogens is 324 g/mol. The molecular formula is C17H24N4O4. The van der Waals surface area contributed by atoms with E-state index < -0.39 is 0 Å². The minimum absolute atomic E-state index is 0.0241. The van der Waals surface area contributed by atoms with E-state index in [4.69, 9.17) is 9.47 Å². The molecule has 0 saturated carbocycles. The van der Waals surface area contributed by atoms with E-state index in [0.29, 0.717) is 31.1 Å². The number of rotatable bonds is 4. The Hall–Kier alpha value is -2.35. The summed E-state index contributed by atoms with van der Waals surface area (Å²) in [6.07, 6.45) is 0. The maximum atomic E-state index is 13.0. The molecule has 2 bridgehead atoms. The minimum atomic E-state index is -0.228. The molecule has 0 aromatic carbocycles. The van der Waals surface area contributed by atoms with Gasteiger partial charge >= 0.3 is 0 Å². The zero-order valence-electron chi connectivity index (χ0n) is 14.8. The van der Waals surface area contributed by atoms with Gasteiger partial charge in [-0.3, -0.25) is 9.59 Å². The van der Waals surface area contributed by atoms with Gasteiger partial charge in [0.2, 0.25) is 17.7 Å². The SMILES string of the molecule is CCN1C[C@H]2CN(C(=O)c3ccc(OC)nc3OC)C[C@@H](C1)C(=O)N2. The van der Waals surface area contributed by atoms with E-state index in [1.54, 1.807) is 17.0 Å². The largest absolute Gasteiger partial charge is 0.481 e. The lowest BCUT2D eigenvalue weighted by Crippen LogP contribution is -2.49. The first-order chi connectivity index (χ1) is 12.0. The van der Waals surface area contributed by atoms with Crippen molar-refractivity contribution in [3.63, 3.8) is 0 Å². The summed E-state index contributed by atoms with van der Waals surface area (Å²) in [6.45, 7) is 5.27. The van der Waals surface area contributed by atoms with Gasteiger partial charge in [-0.15, -0.1) is 0 Å². The van der Waals surface area contributed by atoms with Gasteiger partial charge in [0.25, 0.3) is 5.91 Å². The fourth-order valence-electron chi connectivity index (χ4n) is 3.45. The van der Waals surface area contributed by atoms with E-state index in [1.165, 1.54) is 14.2 Å². The van der Waals surface area contributed by atoms with Crippen LogP contribution in [0, 0.1) is 5.92 Å². The maximum Gasteiger partial charge on any atom is 0.259 e. The summed E-state index contributed by atoms with van der Waals surface area (Å²) in [4.78, 5) is 33.5. The zero-order chi connectivity index (χ0) is 18.0. The predicted octanol–water partition coefficient (Wildman–Crippen LogP) is -0.00890. The number of likely N-dealkylation sites (N-methyl/N-ethyl adjacent to an activating group) is 1. The van der Waals surface area contributed by atoms with Crippen LogP contribution in [0.25, 0.3) is 0 Å². The van der Waals surface area contributed by atoms with E-state index in [2.05, 4.69) is 22.1 Å². The van der Waals surface area contributed by atoms with Crippen LogP contribution in [0.3, 0.4) is 0 Å². The Morgan fingerprint density at radius 2 is 2.04 bits per heavy atom. The van der Waals surface area contributed by atoms with E-state index in [9.17, 15) is 9.59 Å². The fourth-order valence-corrected chi connectivity index (χ4v) is 3.45. The van der Waals surface area contributed by atoms with Crippen LogP contribution in [0.4, 0.5) is 0 Å². The summed E-state index contributed by atoms with van der Waals surface area (Å²) in [5.41, 5.74) is 0.378. The number of amides is 2. The highest BCUT2D eigenvalue weighted by molar-refractivity contribution is 5.97. The summed E-state index contributed by atoms with van der Waals surface area (Å²) >= 11 is 0. The van der Waals surface area contributed by atoms with Crippen molar-refractivity contribution in [2.45, 2.75) is 13.0 Å². The van der Waals surface area contributed by atoms with Crippen molar-refractivity contribution < 1.29 is 19.1 Å². The third-order valence-electron chi connectivity index (χ3n) is 4.76. The lowest BCUT2D eigenvalue weighted by Gasteiger charge is -2.32. The molecule has 1 N–H and O–H groups in total. The third-order valence-corrected chi connectivity index (χ3v) is 4.76. The molecule has 0 radical (unpaired) electrons. The number of methoxy groups -OCH3 is 2. The van der Waals surface area contributed by atoms with Crippen LogP contribution in [0.1, 0.15) is 17.3 Å². The topological polar surface area (TPSA) is 84.0 Å². The highest BCUT2D eigenvalue weighted by Crippen LogP contribution is 2.24. The van der Waals surface area contributed by atoms with Crippen LogP contribution in [0.5, 0.6) is 11.8 Å². The van der Waals surface area contributed by atoms with Gasteiger partial charge in [-0.1, -0.05) is 6.92 Å². The van der Waals surface area contributed by atoms with Gasteiger partial charge in [-0.05, 0) is 12.6 Å². The molecule has 2 aliphatic rings.